The van der Waals surface area contributed by atoms with Gasteiger partial charge in [-0.1, -0.05) is 12.1 Å². The van der Waals surface area contributed by atoms with Gasteiger partial charge in [0.2, 0.25) is 0 Å². The summed E-state index contributed by atoms with van der Waals surface area (Å²) in [6, 6.07) is 14.4. The summed E-state index contributed by atoms with van der Waals surface area (Å²) in [4.78, 5) is 17.5. The normalized spacial score (nSPS) is 17.2. The topological polar surface area (TPSA) is 44.8 Å². The van der Waals surface area contributed by atoms with Crippen molar-refractivity contribution in [2.75, 3.05) is 44.7 Å². The van der Waals surface area contributed by atoms with Gasteiger partial charge in [-0.05, 0) is 80.7 Å². The van der Waals surface area contributed by atoms with Crippen LogP contribution in [-0.2, 0) is 6.42 Å². The minimum atomic E-state index is -0.0295. The van der Waals surface area contributed by atoms with Gasteiger partial charge < -0.3 is 15.0 Å². The molecule has 2 aliphatic rings. The second-order valence-electron chi connectivity index (χ2n) is 7.99. The van der Waals surface area contributed by atoms with Gasteiger partial charge in [0.15, 0.2) is 0 Å². The number of nitrogens with zero attached hydrogens (tertiary/aromatic N) is 2. The third-order valence-electron chi connectivity index (χ3n) is 6.08. The molecule has 0 saturated carbocycles. The van der Waals surface area contributed by atoms with Crippen molar-refractivity contribution in [2.24, 2.45) is 0 Å². The number of rotatable bonds is 7. The molecule has 2 heterocycles. The number of carbonyl (C=O) groups is 1. The van der Waals surface area contributed by atoms with E-state index < -0.39 is 0 Å². The molecule has 5 nitrogen and oxygen atoms in total. The highest BCUT2D eigenvalue weighted by Crippen LogP contribution is 2.32. The van der Waals surface area contributed by atoms with E-state index in [1.54, 1.807) is 0 Å². The maximum atomic E-state index is 12.7. The van der Waals surface area contributed by atoms with Crippen molar-refractivity contribution in [1.82, 2.24) is 10.2 Å². The molecule has 154 valence electrons. The molecule has 0 radical (unpaired) electrons. The zero-order valence-corrected chi connectivity index (χ0v) is 17.5. The smallest absolute Gasteiger partial charge is 0.251 e. The van der Waals surface area contributed by atoms with Gasteiger partial charge in [-0.3, -0.25) is 9.69 Å². The first kappa shape index (κ1) is 19.8. The van der Waals surface area contributed by atoms with Crippen LogP contribution in [0.4, 0.5) is 5.69 Å². The zero-order valence-electron chi connectivity index (χ0n) is 17.5. The number of likely N-dealkylation sites (tertiary alicyclic amines) is 1. The maximum absolute atomic E-state index is 12.7. The highest BCUT2D eigenvalue weighted by Gasteiger charge is 2.26. The molecule has 4 rings (SSSR count). The van der Waals surface area contributed by atoms with E-state index in [1.165, 1.54) is 29.7 Å². The standard InChI is InChI=1S/C24H31N3O2/c1-3-29-21-9-6-18(7-10-21)24(28)25-17-23(27-13-4-5-14-27)19-8-11-22-20(16-19)12-15-26(22)2/h6-11,16,23H,3-5,12-15,17H2,1-2H3,(H,25,28)/t23-/m1/s1. The number of anilines is 1. The van der Waals surface area contributed by atoms with Crippen molar-refractivity contribution < 1.29 is 9.53 Å². The predicted molar refractivity (Wildman–Crippen MR) is 117 cm³/mol. The Morgan fingerprint density at radius 1 is 1.10 bits per heavy atom. The minimum absolute atomic E-state index is 0.0295. The van der Waals surface area contributed by atoms with Crippen LogP contribution in [0, 0.1) is 0 Å². The van der Waals surface area contributed by atoms with Gasteiger partial charge in [0.25, 0.3) is 5.91 Å². The van der Waals surface area contributed by atoms with Crippen molar-refractivity contribution in [2.45, 2.75) is 32.2 Å². The summed E-state index contributed by atoms with van der Waals surface area (Å²) in [7, 11) is 2.15. The highest BCUT2D eigenvalue weighted by molar-refractivity contribution is 5.94. The van der Waals surface area contributed by atoms with Gasteiger partial charge in [-0.15, -0.1) is 0 Å². The van der Waals surface area contributed by atoms with Crippen LogP contribution < -0.4 is 15.0 Å². The van der Waals surface area contributed by atoms with Crippen LogP contribution in [0.1, 0.15) is 47.3 Å². The number of nitrogens with one attached hydrogen (secondary N) is 1. The van der Waals surface area contributed by atoms with Crippen LogP contribution in [0.3, 0.4) is 0 Å². The Balaban J connectivity index is 1.47. The summed E-state index contributed by atoms with van der Waals surface area (Å²) in [5, 5.41) is 3.17. The van der Waals surface area contributed by atoms with E-state index in [1.807, 2.05) is 31.2 Å². The second kappa shape index (κ2) is 8.87. The number of benzene rings is 2. The van der Waals surface area contributed by atoms with Crippen LogP contribution in [0.2, 0.25) is 0 Å². The Labute approximate surface area is 173 Å². The fourth-order valence-electron chi connectivity index (χ4n) is 4.47. The van der Waals surface area contributed by atoms with Gasteiger partial charge in [0, 0.05) is 31.4 Å². The Kier molecular flexibility index (Phi) is 6.05. The van der Waals surface area contributed by atoms with Crippen LogP contribution in [-0.4, -0.2) is 50.6 Å². The second-order valence-corrected chi connectivity index (χ2v) is 7.99. The van der Waals surface area contributed by atoms with E-state index >= 15 is 0 Å². The van der Waals surface area contributed by atoms with Crippen LogP contribution >= 0.6 is 0 Å². The average molecular weight is 394 g/mol. The lowest BCUT2D eigenvalue weighted by atomic mass is 10.0. The lowest BCUT2D eigenvalue weighted by molar-refractivity contribution is 0.0938. The average Bonchev–Trinajstić information content (AvgIpc) is 3.39. The third kappa shape index (κ3) is 4.40. The van der Waals surface area contributed by atoms with Gasteiger partial charge in [0.1, 0.15) is 5.75 Å². The molecule has 1 amide bonds. The number of fused-ring (bicyclic) bond motifs is 1. The van der Waals surface area contributed by atoms with Crippen LogP contribution in [0.25, 0.3) is 0 Å². The largest absolute Gasteiger partial charge is 0.494 e. The third-order valence-corrected chi connectivity index (χ3v) is 6.08. The van der Waals surface area contributed by atoms with Crippen LogP contribution in [0.5, 0.6) is 5.75 Å². The molecule has 1 saturated heterocycles. The Bertz CT molecular complexity index is 844. The molecule has 0 unspecified atom stereocenters. The van der Waals surface area contributed by atoms with E-state index in [-0.39, 0.29) is 11.9 Å². The van der Waals surface area contributed by atoms with Gasteiger partial charge in [-0.25, -0.2) is 0 Å². The molecule has 2 aromatic carbocycles. The molecular weight excluding hydrogens is 362 g/mol. The molecule has 0 spiro atoms. The zero-order chi connectivity index (χ0) is 20.2. The lowest BCUT2D eigenvalue weighted by Gasteiger charge is -2.29. The van der Waals surface area contributed by atoms with Crippen LogP contribution in [0.15, 0.2) is 42.5 Å². The molecule has 5 heteroatoms. The molecule has 1 fully saturated rings. The highest BCUT2D eigenvalue weighted by atomic mass is 16.5. The van der Waals surface area contributed by atoms with E-state index in [4.69, 9.17) is 4.74 Å². The van der Waals surface area contributed by atoms with E-state index in [0.29, 0.717) is 18.7 Å². The maximum Gasteiger partial charge on any atom is 0.251 e. The first-order valence-corrected chi connectivity index (χ1v) is 10.7. The van der Waals surface area contributed by atoms with Gasteiger partial charge in [-0.2, -0.15) is 0 Å². The van der Waals surface area contributed by atoms with Crippen molar-refractivity contribution in [3.05, 3.63) is 59.2 Å². The summed E-state index contributed by atoms with van der Waals surface area (Å²) >= 11 is 0. The first-order valence-electron chi connectivity index (χ1n) is 10.7. The lowest BCUT2D eigenvalue weighted by Crippen LogP contribution is -2.36. The summed E-state index contributed by atoms with van der Waals surface area (Å²) in [6.45, 7) is 6.49. The van der Waals surface area contributed by atoms with Crippen molar-refractivity contribution >= 4 is 11.6 Å². The van der Waals surface area contributed by atoms with Gasteiger partial charge in [0.05, 0.1) is 12.6 Å². The Hall–Kier alpha value is -2.53. The molecule has 1 N–H and O–H groups in total. The van der Waals surface area contributed by atoms with Crippen molar-refractivity contribution in [1.29, 1.82) is 0 Å². The fraction of sp³-hybridized carbons (Fsp3) is 0.458. The number of ether oxygens (including phenoxy) is 1. The van der Waals surface area contributed by atoms with E-state index in [0.717, 1.165) is 31.8 Å². The number of hydrogen-bond acceptors (Lipinski definition) is 4. The molecule has 1 atom stereocenters. The monoisotopic (exact) mass is 393 g/mol. The molecular formula is C24H31N3O2. The molecule has 2 aromatic rings. The molecule has 0 aliphatic carbocycles. The molecule has 29 heavy (non-hydrogen) atoms. The number of amides is 1. The molecule has 0 aromatic heterocycles. The molecule has 0 bridgehead atoms. The first-order chi connectivity index (χ1) is 14.2. The van der Waals surface area contributed by atoms with Crippen molar-refractivity contribution in [3.8, 4) is 5.75 Å². The van der Waals surface area contributed by atoms with E-state index in [2.05, 4.69) is 40.4 Å². The predicted octanol–water partition coefficient (Wildman–Crippen LogP) is 3.64. The minimum Gasteiger partial charge on any atom is -0.494 e. The Morgan fingerprint density at radius 2 is 1.86 bits per heavy atom. The Morgan fingerprint density at radius 3 is 2.59 bits per heavy atom. The summed E-state index contributed by atoms with van der Waals surface area (Å²) < 4.78 is 5.47. The summed E-state index contributed by atoms with van der Waals surface area (Å²) in [5.41, 5.74) is 4.75. The van der Waals surface area contributed by atoms with Crippen molar-refractivity contribution in [3.63, 3.8) is 0 Å². The number of hydrogen-bond donors (Lipinski definition) is 1. The SMILES string of the molecule is CCOc1ccc(C(=O)NC[C@H](c2ccc3c(c2)CCN3C)N2CCCC2)cc1. The summed E-state index contributed by atoms with van der Waals surface area (Å²) in [5.74, 6) is 0.764. The molecule has 2 aliphatic heterocycles. The quantitative estimate of drug-likeness (QED) is 0.780. The number of likely N-dealkylation sites (N-methyl/N-ethyl adjacent to an activating group) is 1. The van der Waals surface area contributed by atoms with E-state index in [9.17, 15) is 4.79 Å². The summed E-state index contributed by atoms with van der Waals surface area (Å²) in [6.07, 6.45) is 3.57. The van der Waals surface area contributed by atoms with Gasteiger partial charge >= 0.3 is 0 Å². The fourth-order valence-corrected chi connectivity index (χ4v) is 4.47. The number of carbonyl (C=O) groups excluding carboxylic acids is 1.